The number of pyridine rings is 3. The number of hydrogen-bond acceptors (Lipinski definition) is 5. The molecule has 0 saturated carbocycles. The molecule has 0 atom stereocenters. The van der Waals surface area contributed by atoms with Gasteiger partial charge in [-0.15, -0.1) is 0 Å². The molecule has 0 saturated heterocycles. The first-order valence-corrected chi connectivity index (χ1v) is 9.05. The molecule has 29 heavy (non-hydrogen) atoms. The molecule has 5 aromatic rings. The summed E-state index contributed by atoms with van der Waals surface area (Å²) in [5.41, 5.74) is 2.44. The fraction of sp³-hybridized carbons (Fsp3) is 0.0952. The lowest BCUT2D eigenvalue weighted by Crippen LogP contribution is -2.22. The summed E-state index contributed by atoms with van der Waals surface area (Å²) in [6.07, 6.45) is 4.63. The van der Waals surface area contributed by atoms with Gasteiger partial charge < -0.3 is 0 Å². The molecule has 0 aliphatic rings. The summed E-state index contributed by atoms with van der Waals surface area (Å²) in [5, 5.41) is 7.84. The number of benzene rings is 1. The van der Waals surface area contributed by atoms with Crippen molar-refractivity contribution in [1.82, 2.24) is 29.3 Å². The van der Waals surface area contributed by atoms with Crippen LogP contribution >= 0.6 is 0 Å². The van der Waals surface area contributed by atoms with Gasteiger partial charge in [-0.05, 0) is 38.1 Å². The van der Waals surface area contributed by atoms with Gasteiger partial charge in [0, 0.05) is 23.5 Å². The molecule has 0 aliphatic heterocycles. The first-order chi connectivity index (χ1) is 14.0. The van der Waals surface area contributed by atoms with Crippen LogP contribution in [0.2, 0.25) is 0 Å². The van der Waals surface area contributed by atoms with Crippen LogP contribution in [0.3, 0.4) is 0 Å². The van der Waals surface area contributed by atoms with Crippen LogP contribution in [0.15, 0.2) is 64.7 Å². The maximum atomic E-state index is 13.3. The summed E-state index contributed by atoms with van der Waals surface area (Å²) in [6.45, 7) is 3.76. The van der Waals surface area contributed by atoms with Crippen LogP contribution in [0.25, 0.3) is 33.3 Å². The fourth-order valence-electron chi connectivity index (χ4n) is 3.59. The molecule has 142 valence electrons. The summed E-state index contributed by atoms with van der Waals surface area (Å²) in [4.78, 5) is 35.0. The smallest absolute Gasteiger partial charge is 0.267 e. The molecule has 1 aromatic carbocycles. The Bertz CT molecular complexity index is 1500. The summed E-state index contributed by atoms with van der Waals surface area (Å²) in [7, 11) is 0. The van der Waals surface area contributed by atoms with Crippen molar-refractivity contribution < 1.29 is 0 Å². The predicted octanol–water partition coefficient (Wildman–Crippen LogP) is 2.42. The van der Waals surface area contributed by atoms with E-state index in [9.17, 15) is 9.59 Å². The third-order valence-electron chi connectivity index (χ3n) is 5.02. The zero-order valence-electron chi connectivity index (χ0n) is 15.7. The molecule has 8 heteroatoms. The van der Waals surface area contributed by atoms with Crippen molar-refractivity contribution in [3.05, 3.63) is 87.1 Å². The zero-order chi connectivity index (χ0) is 20.1. The first-order valence-electron chi connectivity index (χ1n) is 9.05. The van der Waals surface area contributed by atoms with E-state index in [1.807, 2.05) is 31.2 Å². The number of H-pyrrole nitrogens is 1. The van der Waals surface area contributed by atoms with Crippen molar-refractivity contribution >= 4 is 21.7 Å². The SMILES string of the molecule is Cc1ccc(-n2ccc3nc(C)c4c(=O)n(-c5ncn[nH]5)ccc4c3c2=O)cc1. The molecule has 5 rings (SSSR count). The Labute approximate surface area is 164 Å². The van der Waals surface area contributed by atoms with E-state index in [0.29, 0.717) is 33.3 Å². The third kappa shape index (κ3) is 2.57. The van der Waals surface area contributed by atoms with Gasteiger partial charge >= 0.3 is 0 Å². The zero-order valence-corrected chi connectivity index (χ0v) is 15.7. The van der Waals surface area contributed by atoms with E-state index in [4.69, 9.17) is 0 Å². The number of nitrogens with one attached hydrogen (secondary N) is 1. The fourth-order valence-corrected chi connectivity index (χ4v) is 3.59. The van der Waals surface area contributed by atoms with Crippen LogP contribution in [0.4, 0.5) is 0 Å². The van der Waals surface area contributed by atoms with Gasteiger partial charge in [0.25, 0.3) is 11.1 Å². The van der Waals surface area contributed by atoms with E-state index in [-0.39, 0.29) is 11.1 Å². The number of rotatable bonds is 2. The van der Waals surface area contributed by atoms with Gasteiger partial charge in [-0.1, -0.05) is 17.7 Å². The van der Waals surface area contributed by atoms with Crippen LogP contribution in [0, 0.1) is 13.8 Å². The molecule has 4 heterocycles. The van der Waals surface area contributed by atoms with E-state index >= 15 is 0 Å². The second-order valence-electron chi connectivity index (χ2n) is 6.87. The van der Waals surface area contributed by atoms with Gasteiger partial charge in [0.2, 0.25) is 5.95 Å². The Morgan fingerprint density at radius 1 is 0.862 bits per heavy atom. The minimum absolute atomic E-state index is 0.222. The van der Waals surface area contributed by atoms with Crippen LogP contribution in [0.5, 0.6) is 0 Å². The van der Waals surface area contributed by atoms with Crippen molar-refractivity contribution in [2.24, 2.45) is 0 Å². The Hall–Kier alpha value is -4.07. The lowest BCUT2D eigenvalue weighted by atomic mass is 10.1. The molecule has 0 aliphatic carbocycles. The van der Waals surface area contributed by atoms with E-state index in [1.54, 1.807) is 36.0 Å². The van der Waals surface area contributed by atoms with E-state index < -0.39 is 0 Å². The molecular formula is C21H16N6O2. The maximum Gasteiger partial charge on any atom is 0.267 e. The van der Waals surface area contributed by atoms with Crippen LogP contribution < -0.4 is 11.1 Å². The summed E-state index contributed by atoms with van der Waals surface area (Å²) in [6, 6.07) is 11.2. The van der Waals surface area contributed by atoms with Crippen LogP contribution in [-0.4, -0.2) is 29.3 Å². The highest BCUT2D eigenvalue weighted by Gasteiger charge is 2.16. The van der Waals surface area contributed by atoms with Gasteiger partial charge in [-0.25, -0.2) is 5.10 Å². The second-order valence-corrected chi connectivity index (χ2v) is 6.87. The van der Waals surface area contributed by atoms with Crippen LogP contribution in [-0.2, 0) is 0 Å². The lowest BCUT2D eigenvalue weighted by Gasteiger charge is -2.11. The molecule has 0 radical (unpaired) electrons. The molecule has 0 amide bonds. The number of aryl methyl sites for hydroxylation is 2. The summed E-state index contributed by atoms with van der Waals surface area (Å²) < 4.78 is 2.93. The highest BCUT2D eigenvalue weighted by molar-refractivity contribution is 6.05. The highest BCUT2D eigenvalue weighted by atomic mass is 16.1. The first kappa shape index (κ1) is 17.1. The number of fused-ring (bicyclic) bond motifs is 3. The second kappa shape index (κ2) is 6.23. The molecular weight excluding hydrogens is 368 g/mol. The highest BCUT2D eigenvalue weighted by Crippen LogP contribution is 2.22. The number of aromatic nitrogens is 6. The molecule has 0 fully saturated rings. The molecule has 0 spiro atoms. The Balaban J connectivity index is 1.87. The molecule has 0 unspecified atom stereocenters. The quantitative estimate of drug-likeness (QED) is 0.471. The van der Waals surface area contributed by atoms with Crippen molar-refractivity contribution in [2.75, 3.05) is 0 Å². The van der Waals surface area contributed by atoms with E-state index in [1.165, 1.54) is 10.9 Å². The van der Waals surface area contributed by atoms with Crippen LogP contribution in [0.1, 0.15) is 11.3 Å². The molecule has 8 nitrogen and oxygen atoms in total. The van der Waals surface area contributed by atoms with Crippen molar-refractivity contribution in [3.63, 3.8) is 0 Å². The minimum Gasteiger partial charge on any atom is -0.284 e. The molecule has 1 N–H and O–H groups in total. The normalized spacial score (nSPS) is 11.4. The Morgan fingerprint density at radius 2 is 1.59 bits per heavy atom. The molecule has 0 bridgehead atoms. The minimum atomic E-state index is -0.309. The topological polar surface area (TPSA) is 98.5 Å². The number of hydrogen-bond donors (Lipinski definition) is 1. The maximum absolute atomic E-state index is 13.3. The van der Waals surface area contributed by atoms with E-state index in [0.717, 1.165) is 11.3 Å². The standard InChI is InChI=1S/C21H16N6O2/c1-12-3-5-14(6-4-12)26-10-8-16-18(20(26)29)15-7-9-27(21-22-11-23-25-21)19(28)17(15)13(2)24-16/h3-11H,1-2H3,(H,22,23,25). The van der Waals surface area contributed by atoms with Crippen molar-refractivity contribution in [3.8, 4) is 11.6 Å². The average Bonchev–Trinajstić information content (AvgIpc) is 3.23. The Kier molecular flexibility index (Phi) is 3.67. The largest absolute Gasteiger partial charge is 0.284 e. The van der Waals surface area contributed by atoms with Gasteiger partial charge in [-0.3, -0.25) is 23.7 Å². The lowest BCUT2D eigenvalue weighted by molar-refractivity contribution is 0.901. The van der Waals surface area contributed by atoms with Crippen molar-refractivity contribution in [1.29, 1.82) is 0 Å². The van der Waals surface area contributed by atoms with E-state index in [2.05, 4.69) is 20.2 Å². The number of aromatic amines is 1. The molecule has 4 aromatic heterocycles. The van der Waals surface area contributed by atoms with Crippen molar-refractivity contribution in [2.45, 2.75) is 13.8 Å². The summed E-state index contributed by atoms with van der Waals surface area (Å²) >= 11 is 0. The monoisotopic (exact) mass is 384 g/mol. The average molecular weight is 384 g/mol. The Morgan fingerprint density at radius 3 is 2.31 bits per heavy atom. The van der Waals surface area contributed by atoms with Gasteiger partial charge in [-0.2, -0.15) is 10.1 Å². The number of nitrogens with zero attached hydrogens (tertiary/aromatic N) is 5. The van der Waals surface area contributed by atoms with Gasteiger partial charge in [0.1, 0.15) is 6.33 Å². The van der Waals surface area contributed by atoms with Gasteiger partial charge in [0.05, 0.1) is 22.0 Å². The predicted molar refractivity (Wildman–Crippen MR) is 110 cm³/mol. The third-order valence-corrected chi connectivity index (χ3v) is 5.02. The van der Waals surface area contributed by atoms with Gasteiger partial charge in [0.15, 0.2) is 0 Å². The summed E-state index contributed by atoms with van der Waals surface area (Å²) in [5.74, 6) is 0.307.